The predicted molar refractivity (Wildman–Crippen MR) is 117 cm³/mol. The molecule has 5 nitrogen and oxygen atoms in total. The van der Waals surface area contributed by atoms with Crippen LogP contribution in [0.4, 0.5) is 5.82 Å². The molecule has 1 aliphatic carbocycles. The summed E-state index contributed by atoms with van der Waals surface area (Å²) in [5.41, 5.74) is 2.22. The van der Waals surface area contributed by atoms with Crippen molar-refractivity contribution >= 4 is 11.7 Å². The summed E-state index contributed by atoms with van der Waals surface area (Å²) in [5.74, 6) is 2.00. The molecule has 5 heteroatoms. The van der Waals surface area contributed by atoms with Crippen LogP contribution in [-0.2, 0) is 16.6 Å². The molecule has 2 atom stereocenters. The molecule has 30 heavy (non-hydrogen) atoms. The molecule has 1 fully saturated rings. The van der Waals surface area contributed by atoms with Gasteiger partial charge in [0.2, 0.25) is 5.91 Å². The molecule has 0 aliphatic heterocycles. The van der Waals surface area contributed by atoms with Crippen LogP contribution in [0.3, 0.4) is 0 Å². The first-order chi connectivity index (χ1) is 14.7. The lowest BCUT2D eigenvalue weighted by Gasteiger charge is -2.19. The fourth-order valence-electron chi connectivity index (χ4n) is 4.21. The molecule has 0 bridgehead atoms. The van der Waals surface area contributed by atoms with E-state index in [2.05, 4.69) is 28.5 Å². The highest BCUT2D eigenvalue weighted by atomic mass is 16.5. The zero-order valence-electron chi connectivity index (χ0n) is 17.3. The van der Waals surface area contributed by atoms with Gasteiger partial charge in [0.1, 0.15) is 5.82 Å². The lowest BCUT2D eigenvalue weighted by atomic mass is 9.86. The Balaban J connectivity index is 1.53. The molecule has 1 aromatic heterocycles. The normalized spacial score (nSPS) is 19.7. The topological polar surface area (TPSA) is 60.5 Å². The number of pyridine rings is 1. The quantitative estimate of drug-likeness (QED) is 0.597. The molecule has 1 heterocycles. The largest absolute Gasteiger partial charge is 0.493 e. The Labute approximate surface area is 177 Å². The molecule has 2 aromatic carbocycles. The van der Waals surface area contributed by atoms with Crippen LogP contribution in [0, 0.1) is 5.92 Å². The number of hydrogen-bond donors (Lipinski definition) is 1. The summed E-state index contributed by atoms with van der Waals surface area (Å²) < 4.78 is 10.8. The molecule has 1 N–H and O–H groups in total. The molecule has 0 spiro atoms. The van der Waals surface area contributed by atoms with Crippen molar-refractivity contribution in [2.45, 2.75) is 24.7 Å². The minimum atomic E-state index is -0.159. The van der Waals surface area contributed by atoms with Crippen molar-refractivity contribution in [1.29, 1.82) is 0 Å². The molecule has 3 aromatic rings. The number of nitrogens with one attached hydrogen (secondary N) is 1. The van der Waals surface area contributed by atoms with E-state index >= 15 is 0 Å². The standard InChI is InChI=1S/C25H26N2O3/c1-29-21-12-11-18(16-22(21)30-2)13-14-25(19-8-4-3-5-9-19)17-20(25)24(28)27-23-10-6-7-15-26-23/h3-12,15-16,20H,13-14,17H2,1-2H3,(H,26,27,28). The number of rotatable bonds is 8. The average Bonchev–Trinajstić information content (AvgIpc) is 3.55. The second-order valence-corrected chi connectivity index (χ2v) is 7.67. The van der Waals surface area contributed by atoms with Crippen LogP contribution in [0.25, 0.3) is 0 Å². The molecule has 0 saturated heterocycles. The number of nitrogens with zero attached hydrogens (tertiary/aromatic N) is 1. The maximum Gasteiger partial charge on any atom is 0.229 e. The van der Waals surface area contributed by atoms with E-state index in [0.717, 1.165) is 30.8 Å². The van der Waals surface area contributed by atoms with Crippen molar-refractivity contribution in [3.63, 3.8) is 0 Å². The van der Waals surface area contributed by atoms with Gasteiger partial charge in [0, 0.05) is 17.5 Å². The van der Waals surface area contributed by atoms with Gasteiger partial charge in [-0.3, -0.25) is 4.79 Å². The van der Waals surface area contributed by atoms with E-state index in [1.807, 2.05) is 48.5 Å². The van der Waals surface area contributed by atoms with E-state index in [4.69, 9.17) is 9.47 Å². The first kappa shape index (κ1) is 20.0. The smallest absolute Gasteiger partial charge is 0.229 e. The van der Waals surface area contributed by atoms with Gasteiger partial charge in [0.25, 0.3) is 0 Å². The Morgan fingerprint density at radius 1 is 1.03 bits per heavy atom. The summed E-state index contributed by atoms with van der Waals surface area (Å²) in [6, 6.07) is 21.9. The molecule has 1 amide bonds. The van der Waals surface area contributed by atoms with E-state index in [1.54, 1.807) is 20.4 Å². The molecule has 154 valence electrons. The van der Waals surface area contributed by atoms with E-state index < -0.39 is 0 Å². The first-order valence-corrected chi connectivity index (χ1v) is 10.1. The van der Waals surface area contributed by atoms with Gasteiger partial charge >= 0.3 is 0 Å². The lowest BCUT2D eigenvalue weighted by Crippen LogP contribution is -2.22. The van der Waals surface area contributed by atoms with Crippen LogP contribution >= 0.6 is 0 Å². The van der Waals surface area contributed by atoms with Crippen molar-refractivity contribution in [1.82, 2.24) is 4.98 Å². The second-order valence-electron chi connectivity index (χ2n) is 7.67. The fraction of sp³-hybridized carbons (Fsp3) is 0.280. The van der Waals surface area contributed by atoms with Gasteiger partial charge in [-0.15, -0.1) is 0 Å². The minimum absolute atomic E-state index is 0.0323. The molecular formula is C25H26N2O3. The summed E-state index contributed by atoms with van der Waals surface area (Å²) in [6.45, 7) is 0. The number of ether oxygens (including phenoxy) is 2. The van der Waals surface area contributed by atoms with Gasteiger partial charge < -0.3 is 14.8 Å². The third-order valence-electron chi connectivity index (χ3n) is 5.96. The zero-order chi connectivity index (χ0) is 21.0. The Kier molecular flexibility index (Phi) is 5.70. The van der Waals surface area contributed by atoms with Gasteiger partial charge in [0.15, 0.2) is 11.5 Å². The van der Waals surface area contributed by atoms with E-state index in [9.17, 15) is 4.79 Å². The van der Waals surface area contributed by atoms with Crippen LogP contribution in [0.15, 0.2) is 72.9 Å². The second kappa shape index (κ2) is 8.57. The molecule has 1 aliphatic rings. The predicted octanol–water partition coefficient (Wildman–Crippen LogP) is 4.63. The third kappa shape index (κ3) is 4.01. The van der Waals surface area contributed by atoms with Crippen LogP contribution in [-0.4, -0.2) is 25.1 Å². The van der Waals surface area contributed by atoms with Crippen molar-refractivity contribution in [3.8, 4) is 11.5 Å². The SMILES string of the molecule is COc1ccc(CCC2(c3ccccc3)CC2C(=O)Nc2ccccn2)cc1OC. The number of aryl methyl sites for hydroxylation is 1. The van der Waals surface area contributed by atoms with Crippen molar-refractivity contribution in [3.05, 3.63) is 84.1 Å². The summed E-state index contributed by atoms with van der Waals surface area (Å²) in [6.07, 6.45) is 4.25. The Bertz CT molecular complexity index is 1010. The summed E-state index contributed by atoms with van der Waals surface area (Å²) in [5, 5.41) is 2.97. The van der Waals surface area contributed by atoms with E-state index in [0.29, 0.717) is 5.82 Å². The van der Waals surface area contributed by atoms with E-state index in [-0.39, 0.29) is 17.2 Å². The van der Waals surface area contributed by atoms with Gasteiger partial charge in [-0.1, -0.05) is 42.5 Å². The van der Waals surface area contributed by atoms with Crippen LogP contribution in [0.1, 0.15) is 24.0 Å². The maximum atomic E-state index is 13.0. The van der Waals surface area contributed by atoms with Gasteiger partial charge in [-0.25, -0.2) is 4.98 Å². The third-order valence-corrected chi connectivity index (χ3v) is 5.96. The van der Waals surface area contributed by atoms with Gasteiger partial charge in [-0.2, -0.15) is 0 Å². The highest BCUT2D eigenvalue weighted by molar-refractivity contribution is 5.95. The molecule has 2 unspecified atom stereocenters. The molecular weight excluding hydrogens is 376 g/mol. The number of amides is 1. The van der Waals surface area contributed by atoms with Crippen LogP contribution in [0.2, 0.25) is 0 Å². The van der Waals surface area contributed by atoms with Crippen LogP contribution in [0.5, 0.6) is 11.5 Å². The van der Waals surface area contributed by atoms with Crippen LogP contribution < -0.4 is 14.8 Å². The molecule has 0 radical (unpaired) electrons. The number of methoxy groups -OCH3 is 2. The van der Waals surface area contributed by atoms with Crippen molar-refractivity contribution in [2.75, 3.05) is 19.5 Å². The fourth-order valence-corrected chi connectivity index (χ4v) is 4.21. The van der Waals surface area contributed by atoms with Gasteiger partial charge in [-0.05, 0) is 54.7 Å². The number of anilines is 1. The lowest BCUT2D eigenvalue weighted by molar-refractivity contribution is -0.117. The Morgan fingerprint density at radius 2 is 1.80 bits per heavy atom. The number of benzene rings is 2. The Morgan fingerprint density at radius 3 is 2.50 bits per heavy atom. The Hall–Kier alpha value is -3.34. The summed E-state index contributed by atoms with van der Waals surface area (Å²) >= 11 is 0. The maximum absolute atomic E-state index is 13.0. The summed E-state index contributed by atoms with van der Waals surface area (Å²) in [7, 11) is 3.28. The molecule has 1 saturated carbocycles. The number of carbonyl (C=O) groups is 1. The number of aromatic nitrogens is 1. The highest BCUT2D eigenvalue weighted by Crippen LogP contribution is 2.57. The average molecular weight is 402 g/mol. The summed E-state index contributed by atoms with van der Waals surface area (Å²) in [4.78, 5) is 17.2. The van der Waals surface area contributed by atoms with Gasteiger partial charge in [0.05, 0.1) is 14.2 Å². The zero-order valence-corrected chi connectivity index (χ0v) is 17.3. The van der Waals surface area contributed by atoms with E-state index in [1.165, 1.54) is 11.1 Å². The minimum Gasteiger partial charge on any atom is -0.493 e. The number of hydrogen-bond acceptors (Lipinski definition) is 4. The first-order valence-electron chi connectivity index (χ1n) is 10.1. The van der Waals surface area contributed by atoms with Crippen molar-refractivity contribution in [2.24, 2.45) is 5.92 Å². The highest BCUT2D eigenvalue weighted by Gasteiger charge is 2.58. The molecule has 4 rings (SSSR count). The monoisotopic (exact) mass is 402 g/mol. The number of carbonyl (C=O) groups excluding carboxylic acids is 1. The van der Waals surface area contributed by atoms with Crippen molar-refractivity contribution < 1.29 is 14.3 Å².